The number of halogens is 2. The Morgan fingerprint density at radius 2 is 2.20 bits per heavy atom. The summed E-state index contributed by atoms with van der Waals surface area (Å²) in [6.45, 7) is 1.70. The Labute approximate surface area is 120 Å². The molecule has 1 amide bonds. The summed E-state index contributed by atoms with van der Waals surface area (Å²) in [5.41, 5.74) is 0.368. The zero-order valence-corrected chi connectivity index (χ0v) is 11.8. The molecule has 2 N–H and O–H groups in total. The van der Waals surface area contributed by atoms with Gasteiger partial charge in [-0.25, -0.2) is 4.39 Å². The Kier molecular flexibility index (Phi) is 4.24. The van der Waals surface area contributed by atoms with E-state index in [4.69, 9.17) is 11.6 Å². The van der Waals surface area contributed by atoms with Gasteiger partial charge in [-0.05, 0) is 25.1 Å². The second kappa shape index (κ2) is 5.92. The standard InChI is InChI=1S/C13H14ClFN4O/c1-8(16-12-5-6-19(2)18-12)13(20)17-11-4-3-9(15)7-10(11)14/h3-8H,1-2H3,(H,16,18)(H,17,20). The molecule has 0 aliphatic rings. The summed E-state index contributed by atoms with van der Waals surface area (Å²) >= 11 is 5.85. The molecule has 0 saturated heterocycles. The Balaban J connectivity index is 2.00. The van der Waals surface area contributed by atoms with Crippen LogP contribution in [-0.4, -0.2) is 21.7 Å². The fourth-order valence-electron chi connectivity index (χ4n) is 1.61. The van der Waals surface area contributed by atoms with Gasteiger partial charge in [-0.3, -0.25) is 9.48 Å². The molecule has 106 valence electrons. The fraction of sp³-hybridized carbons (Fsp3) is 0.231. The van der Waals surface area contributed by atoms with Crippen LogP contribution >= 0.6 is 11.6 Å². The first-order chi connectivity index (χ1) is 9.45. The fourth-order valence-corrected chi connectivity index (χ4v) is 1.83. The highest BCUT2D eigenvalue weighted by Crippen LogP contribution is 2.22. The van der Waals surface area contributed by atoms with E-state index in [2.05, 4.69) is 15.7 Å². The Morgan fingerprint density at radius 1 is 1.45 bits per heavy atom. The number of carbonyl (C=O) groups excluding carboxylic acids is 1. The average molecular weight is 297 g/mol. The zero-order chi connectivity index (χ0) is 14.7. The molecule has 2 rings (SSSR count). The molecular weight excluding hydrogens is 283 g/mol. The van der Waals surface area contributed by atoms with Gasteiger partial charge in [0.05, 0.1) is 10.7 Å². The molecule has 0 radical (unpaired) electrons. The van der Waals surface area contributed by atoms with Crippen LogP contribution < -0.4 is 10.6 Å². The van der Waals surface area contributed by atoms with Gasteiger partial charge < -0.3 is 10.6 Å². The van der Waals surface area contributed by atoms with Gasteiger partial charge >= 0.3 is 0 Å². The van der Waals surface area contributed by atoms with Crippen LogP contribution in [-0.2, 0) is 11.8 Å². The SMILES string of the molecule is CC(Nc1ccn(C)n1)C(=O)Nc1ccc(F)cc1Cl. The Bertz CT molecular complexity index is 629. The molecule has 0 bridgehead atoms. The van der Waals surface area contributed by atoms with E-state index in [0.717, 1.165) is 6.07 Å². The molecule has 20 heavy (non-hydrogen) atoms. The molecule has 0 fully saturated rings. The van der Waals surface area contributed by atoms with Crippen molar-refractivity contribution in [2.75, 3.05) is 10.6 Å². The summed E-state index contributed by atoms with van der Waals surface area (Å²) in [6, 6.07) is 5.05. The lowest BCUT2D eigenvalue weighted by atomic mass is 10.2. The third kappa shape index (κ3) is 3.48. The smallest absolute Gasteiger partial charge is 0.246 e. The molecule has 2 aromatic rings. The van der Waals surface area contributed by atoms with E-state index < -0.39 is 11.9 Å². The van der Waals surface area contributed by atoms with Crippen molar-refractivity contribution < 1.29 is 9.18 Å². The summed E-state index contributed by atoms with van der Waals surface area (Å²) in [5, 5.41) is 9.86. The number of hydrogen-bond donors (Lipinski definition) is 2. The van der Waals surface area contributed by atoms with Crippen LogP contribution in [0.5, 0.6) is 0 Å². The van der Waals surface area contributed by atoms with E-state index in [0.29, 0.717) is 11.5 Å². The predicted molar refractivity (Wildman–Crippen MR) is 76.3 cm³/mol. The summed E-state index contributed by atoms with van der Waals surface area (Å²) < 4.78 is 14.5. The lowest BCUT2D eigenvalue weighted by molar-refractivity contribution is -0.116. The molecule has 1 unspecified atom stereocenters. The number of rotatable bonds is 4. The van der Waals surface area contributed by atoms with Gasteiger partial charge in [-0.1, -0.05) is 11.6 Å². The quantitative estimate of drug-likeness (QED) is 0.912. The second-order valence-corrected chi connectivity index (χ2v) is 4.76. The minimum atomic E-state index is -0.508. The van der Waals surface area contributed by atoms with E-state index in [9.17, 15) is 9.18 Å². The third-order valence-corrected chi connectivity index (χ3v) is 2.97. The maximum atomic E-state index is 12.9. The molecular formula is C13H14ClFN4O. The number of nitrogens with one attached hydrogen (secondary N) is 2. The largest absolute Gasteiger partial charge is 0.357 e. The maximum absolute atomic E-state index is 12.9. The molecule has 0 saturated carbocycles. The molecule has 0 aliphatic carbocycles. The first-order valence-corrected chi connectivity index (χ1v) is 6.35. The van der Waals surface area contributed by atoms with Crippen LogP contribution in [0, 0.1) is 5.82 Å². The number of anilines is 2. The highest BCUT2D eigenvalue weighted by Gasteiger charge is 2.15. The lowest BCUT2D eigenvalue weighted by Crippen LogP contribution is -2.32. The Hall–Kier alpha value is -2.08. The van der Waals surface area contributed by atoms with Crippen LogP contribution in [0.25, 0.3) is 0 Å². The number of hydrogen-bond acceptors (Lipinski definition) is 3. The van der Waals surface area contributed by atoms with Crippen molar-refractivity contribution in [3.8, 4) is 0 Å². The van der Waals surface area contributed by atoms with Crippen molar-refractivity contribution in [2.45, 2.75) is 13.0 Å². The van der Waals surface area contributed by atoms with Crippen LogP contribution in [0.4, 0.5) is 15.9 Å². The van der Waals surface area contributed by atoms with E-state index in [1.54, 1.807) is 30.9 Å². The van der Waals surface area contributed by atoms with Crippen molar-refractivity contribution in [1.29, 1.82) is 0 Å². The van der Waals surface area contributed by atoms with Crippen molar-refractivity contribution in [3.05, 3.63) is 41.3 Å². The third-order valence-electron chi connectivity index (χ3n) is 2.66. The van der Waals surface area contributed by atoms with Gasteiger partial charge in [0.2, 0.25) is 5.91 Å². The molecule has 0 aliphatic heterocycles. The van der Waals surface area contributed by atoms with Crippen molar-refractivity contribution in [2.24, 2.45) is 7.05 Å². The number of aryl methyl sites for hydroxylation is 1. The lowest BCUT2D eigenvalue weighted by Gasteiger charge is -2.14. The van der Waals surface area contributed by atoms with Gasteiger partial charge in [0.25, 0.3) is 0 Å². The van der Waals surface area contributed by atoms with Crippen molar-refractivity contribution in [3.63, 3.8) is 0 Å². The van der Waals surface area contributed by atoms with Gasteiger partial charge in [0, 0.05) is 19.3 Å². The van der Waals surface area contributed by atoms with Crippen LogP contribution in [0.3, 0.4) is 0 Å². The van der Waals surface area contributed by atoms with E-state index in [1.165, 1.54) is 12.1 Å². The molecule has 7 heteroatoms. The van der Waals surface area contributed by atoms with Gasteiger partial charge in [-0.15, -0.1) is 0 Å². The number of carbonyl (C=O) groups is 1. The molecule has 1 aromatic heterocycles. The molecule has 1 heterocycles. The predicted octanol–water partition coefficient (Wildman–Crippen LogP) is 2.65. The second-order valence-electron chi connectivity index (χ2n) is 4.35. The highest BCUT2D eigenvalue weighted by molar-refractivity contribution is 6.33. The number of amides is 1. The number of nitrogens with zero attached hydrogens (tertiary/aromatic N) is 2. The first-order valence-electron chi connectivity index (χ1n) is 5.98. The van der Waals surface area contributed by atoms with Crippen molar-refractivity contribution >= 4 is 29.0 Å². The van der Waals surface area contributed by atoms with Crippen LogP contribution in [0.2, 0.25) is 5.02 Å². The number of benzene rings is 1. The van der Waals surface area contributed by atoms with Crippen LogP contribution in [0.15, 0.2) is 30.5 Å². The van der Waals surface area contributed by atoms with E-state index in [-0.39, 0.29) is 10.9 Å². The topological polar surface area (TPSA) is 59.0 Å². The molecule has 1 atom stereocenters. The van der Waals surface area contributed by atoms with Crippen LogP contribution in [0.1, 0.15) is 6.92 Å². The Morgan fingerprint density at radius 3 is 2.80 bits per heavy atom. The summed E-state index contributed by atoms with van der Waals surface area (Å²) in [5.74, 6) is -0.142. The first kappa shape index (κ1) is 14.3. The zero-order valence-electron chi connectivity index (χ0n) is 11.0. The summed E-state index contributed by atoms with van der Waals surface area (Å²) in [6.07, 6.45) is 1.77. The summed E-state index contributed by atoms with van der Waals surface area (Å²) in [7, 11) is 1.79. The maximum Gasteiger partial charge on any atom is 0.246 e. The molecule has 0 spiro atoms. The number of aromatic nitrogens is 2. The normalized spacial score (nSPS) is 12.0. The van der Waals surface area contributed by atoms with E-state index in [1.807, 2.05) is 0 Å². The van der Waals surface area contributed by atoms with Gasteiger partial charge in [0.15, 0.2) is 0 Å². The van der Waals surface area contributed by atoms with E-state index >= 15 is 0 Å². The minimum absolute atomic E-state index is 0.156. The molecule has 1 aromatic carbocycles. The minimum Gasteiger partial charge on any atom is -0.357 e. The van der Waals surface area contributed by atoms with Gasteiger partial charge in [0.1, 0.15) is 17.7 Å². The monoisotopic (exact) mass is 296 g/mol. The van der Waals surface area contributed by atoms with Crippen molar-refractivity contribution in [1.82, 2.24) is 9.78 Å². The average Bonchev–Trinajstić information content (AvgIpc) is 2.78. The van der Waals surface area contributed by atoms with Gasteiger partial charge in [-0.2, -0.15) is 5.10 Å². The molecule has 5 nitrogen and oxygen atoms in total. The highest BCUT2D eigenvalue weighted by atomic mass is 35.5. The summed E-state index contributed by atoms with van der Waals surface area (Å²) in [4.78, 5) is 12.0.